The number of benzene rings is 1. The lowest BCUT2D eigenvalue weighted by Gasteiger charge is -2.05. The monoisotopic (exact) mass is 273 g/mol. The van der Waals surface area contributed by atoms with Gasteiger partial charge in [0.15, 0.2) is 5.82 Å². The van der Waals surface area contributed by atoms with Crippen LogP contribution >= 0.6 is 11.6 Å². The predicted molar refractivity (Wildman–Crippen MR) is 73.3 cm³/mol. The third-order valence-electron chi connectivity index (χ3n) is 2.88. The average molecular weight is 274 g/mol. The van der Waals surface area contributed by atoms with E-state index in [1.165, 1.54) is 0 Å². The van der Waals surface area contributed by atoms with Crippen molar-refractivity contribution in [3.05, 3.63) is 47.5 Å². The zero-order chi connectivity index (χ0) is 13.4. The van der Waals surface area contributed by atoms with Crippen LogP contribution < -0.4 is 0 Å². The normalized spacial score (nSPS) is 10.9. The number of aromatic nitrogens is 5. The molecular weight excluding hydrogens is 262 g/mol. The van der Waals surface area contributed by atoms with Gasteiger partial charge in [-0.3, -0.25) is 9.25 Å². The van der Waals surface area contributed by atoms with E-state index in [0.29, 0.717) is 11.1 Å². The van der Waals surface area contributed by atoms with Gasteiger partial charge in [0.05, 0.1) is 11.4 Å². The van der Waals surface area contributed by atoms with Gasteiger partial charge in [-0.25, -0.2) is 0 Å². The molecule has 3 aromatic rings. The summed E-state index contributed by atoms with van der Waals surface area (Å²) in [6.45, 7) is 1.93. The highest BCUT2D eigenvalue weighted by molar-refractivity contribution is 6.28. The van der Waals surface area contributed by atoms with Crippen LogP contribution in [0, 0.1) is 6.92 Å². The van der Waals surface area contributed by atoms with Gasteiger partial charge < -0.3 is 0 Å². The summed E-state index contributed by atoms with van der Waals surface area (Å²) < 4.78 is 3.55. The number of hydrogen-bond acceptors (Lipinski definition) is 3. The van der Waals surface area contributed by atoms with Crippen molar-refractivity contribution >= 4 is 11.6 Å². The maximum Gasteiger partial charge on any atom is 0.230 e. The second-order valence-corrected chi connectivity index (χ2v) is 4.61. The zero-order valence-electron chi connectivity index (χ0n) is 10.6. The van der Waals surface area contributed by atoms with Crippen LogP contribution in [0.25, 0.3) is 17.1 Å². The van der Waals surface area contributed by atoms with E-state index in [-0.39, 0.29) is 0 Å². The van der Waals surface area contributed by atoms with Gasteiger partial charge in [0.2, 0.25) is 5.28 Å². The number of rotatable bonds is 2. The standard InChI is InChI=1S/C13H12ClN5/c1-9-11(8-18(2)17-9)19-12(15-16-13(19)14)10-6-4-3-5-7-10/h3-8H,1-2H3. The molecule has 0 amide bonds. The SMILES string of the molecule is Cc1nn(C)cc1-n1c(Cl)nnc1-c1ccccc1. The minimum Gasteiger partial charge on any atom is -0.273 e. The second-order valence-electron chi connectivity index (χ2n) is 4.27. The zero-order valence-corrected chi connectivity index (χ0v) is 11.3. The molecule has 0 radical (unpaired) electrons. The summed E-state index contributed by atoms with van der Waals surface area (Å²) in [4.78, 5) is 0. The van der Waals surface area contributed by atoms with Gasteiger partial charge in [-0.2, -0.15) is 5.10 Å². The Balaban J connectivity index is 2.22. The third kappa shape index (κ3) is 2.02. The number of aryl methyl sites for hydroxylation is 2. The van der Waals surface area contributed by atoms with E-state index >= 15 is 0 Å². The first-order valence-electron chi connectivity index (χ1n) is 5.84. The first-order valence-corrected chi connectivity index (χ1v) is 6.21. The molecule has 0 spiro atoms. The van der Waals surface area contributed by atoms with E-state index < -0.39 is 0 Å². The molecule has 0 bridgehead atoms. The first kappa shape index (κ1) is 11.9. The Labute approximate surface area is 115 Å². The van der Waals surface area contributed by atoms with Gasteiger partial charge in [-0.15, -0.1) is 10.2 Å². The molecular formula is C13H12ClN5. The molecule has 0 fully saturated rings. The quantitative estimate of drug-likeness (QED) is 0.721. The largest absolute Gasteiger partial charge is 0.273 e. The second kappa shape index (κ2) is 4.51. The highest BCUT2D eigenvalue weighted by atomic mass is 35.5. The summed E-state index contributed by atoms with van der Waals surface area (Å²) in [5.74, 6) is 0.710. The molecule has 0 N–H and O–H groups in total. The van der Waals surface area contributed by atoms with Crippen molar-refractivity contribution in [2.75, 3.05) is 0 Å². The van der Waals surface area contributed by atoms with Crippen molar-refractivity contribution in [2.45, 2.75) is 6.92 Å². The maximum atomic E-state index is 6.16. The first-order chi connectivity index (χ1) is 9.16. The van der Waals surface area contributed by atoms with Crippen LogP contribution in [0.15, 0.2) is 36.5 Å². The molecule has 0 saturated carbocycles. The minimum atomic E-state index is 0.329. The summed E-state index contributed by atoms with van der Waals surface area (Å²) in [6.07, 6.45) is 1.90. The maximum absolute atomic E-state index is 6.16. The summed E-state index contributed by atoms with van der Waals surface area (Å²) in [6, 6.07) is 9.82. The van der Waals surface area contributed by atoms with Gasteiger partial charge in [-0.1, -0.05) is 30.3 Å². The van der Waals surface area contributed by atoms with E-state index in [0.717, 1.165) is 16.9 Å². The van der Waals surface area contributed by atoms with Gasteiger partial charge >= 0.3 is 0 Å². The summed E-state index contributed by atoms with van der Waals surface area (Å²) >= 11 is 6.16. The molecule has 0 aliphatic heterocycles. The van der Waals surface area contributed by atoms with Crippen molar-refractivity contribution in [2.24, 2.45) is 7.05 Å². The highest BCUT2D eigenvalue weighted by Gasteiger charge is 2.17. The molecule has 0 atom stereocenters. The molecule has 3 rings (SSSR count). The van der Waals surface area contributed by atoms with Gasteiger partial charge in [-0.05, 0) is 18.5 Å². The predicted octanol–water partition coefficient (Wildman–Crippen LogP) is 2.63. The van der Waals surface area contributed by atoms with Crippen LogP contribution in [0.1, 0.15) is 5.69 Å². The van der Waals surface area contributed by atoms with Crippen LogP contribution in [0.5, 0.6) is 0 Å². The minimum absolute atomic E-state index is 0.329. The smallest absolute Gasteiger partial charge is 0.230 e. The van der Waals surface area contributed by atoms with Gasteiger partial charge in [0.25, 0.3) is 0 Å². The lowest BCUT2D eigenvalue weighted by Crippen LogP contribution is -1.98. The van der Waals surface area contributed by atoms with Gasteiger partial charge in [0.1, 0.15) is 0 Å². The Morgan fingerprint density at radius 2 is 1.84 bits per heavy atom. The summed E-state index contributed by atoms with van der Waals surface area (Å²) in [5.41, 5.74) is 2.72. The molecule has 0 aliphatic carbocycles. The van der Waals surface area contributed by atoms with Crippen molar-refractivity contribution in [1.82, 2.24) is 24.5 Å². The Bertz CT molecular complexity index is 714. The van der Waals surface area contributed by atoms with E-state index in [2.05, 4.69) is 15.3 Å². The molecule has 2 aromatic heterocycles. The van der Waals surface area contributed by atoms with Crippen LogP contribution in [-0.2, 0) is 7.05 Å². The Hall–Kier alpha value is -2.14. The molecule has 0 saturated heterocycles. The van der Waals surface area contributed by atoms with E-state index in [9.17, 15) is 0 Å². The summed E-state index contributed by atoms with van der Waals surface area (Å²) in [7, 11) is 1.87. The highest BCUT2D eigenvalue weighted by Crippen LogP contribution is 2.26. The molecule has 5 nitrogen and oxygen atoms in total. The lowest BCUT2D eigenvalue weighted by molar-refractivity contribution is 0.756. The van der Waals surface area contributed by atoms with E-state index in [1.54, 1.807) is 9.25 Å². The van der Waals surface area contributed by atoms with Crippen LogP contribution in [-0.4, -0.2) is 24.5 Å². The molecule has 19 heavy (non-hydrogen) atoms. The number of halogens is 1. The fourth-order valence-corrected chi connectivity index (χ4v) is 2.27. The lowest BCUT2D eigenvalue weighted by atomic mass is 10.2. The molecule has 0 unspecified atom stereocenters. The van der Waals surface area contributed by atoms with Crippen LogP contribution in [0.4, 0.5) is 0 Å². The third-order valence-corrected chi connectivity index (χ3v) is 3.13. The van der Waals surface area contributed by atoms with Crippen LogP contribution in [0.2, 0.25) is 5.28 Å². The van der Waals surface area contributed by atoms with Crippen LogP contribution in [0.3, 0.4) is 0 Å². The average Bonchev–Trinajstić information content (AvgIpc) is 2.93. The van der Waals surface area contributed by atoms with E-state index in [4.69, 9.17) is 11.6 Å². The van der Waals surface area contributed by atoms with Crippen molar-refractivity contribution in [3.63, 3.8) is 0 Å². The fourth-order valence-electron chi connectivity index (χ4n) is 2.06. The Kier molecular flexibility index (Phi) is 2.83. The number of hydrogen-bond donors (Lipinski definition) is 0. The molecule has 1 aromatic carbocycles. The van der Waals surface area contributed by atoms with Crippen molar-refractivity contribution < 1.29 is 0 Å². The fraction of sp³-hybridized carbons (Fsp3) is 0.154. The van der Waals surface area contributed by atoms with Crippen molar-refractivity contribution in [1.29, 1.82) is 0 Å². The van der Waals surface area contributed by atoms with E-state index in [1.807, 2.05) is 50.5 Å². The topological polar surface area (TPSA) is 48.5 Å². The Morgan fingerprint density at radius 1 is 1.11 bits per heavy atom. The van der Waals surface area contributed by atoms with Crippen molar-refractivity contribution in [3.8, 4) is 17.1 Å². The molecule has 6 heteroatoms. The molecule has 0 aliphatic rings. The Morgan fingerprint density at radius 3 is 2.47 bits per heavy atom. The van der Waals surface area contributed by atoms with Gasteiger partial charge in [0, 0.05) is 18.8 Å². The molecule has 2 heterocycles. The number of nitrogens with zero attached hydrogens (tertiary/aromatic N) is 5. The molecule has 96 valence electrons. The summed E-state index contributed by atoms with van der Waals surface area (Å²) in [5, 5.41) is 12.8.